The number of benzene rings is 1. The number of nitrogens with zero attached hydrogens (tertiary/aromatic N) is 1. The Morgan fingerprint density at radius 3 is 2.22 bits per heavy atom. The first kappa shape index (κ1) is 16.3. The molecule has 0 radical (unpaired) electrons. The fourth-order valence-electron chi connectivity index (χ4n) is 3.37. The van der Waals surface area contributed by atoms with Crippen LogP contribution in [0.2, 0.25) is 0 Å². The van der Waals surface area contributed by atoms with E-state index in [4.69, 9.17) is 0 Å². The van der Waals surface area contributed by atoms with Crippen molar-refractivity contribution < 1.29 is 30.7 Å². The molecule has 2 unspecified atom stereocenters. The Kier molecular flexibility index (Phi) is 3.50. The number of aliphatic imine (C=N–C) groups is 1. The van der Waals surface area contributed by atoms with Gasteiger partial charge in [0, 0.05) is 11.5 Å². The van der Waals surface area contributed by atoms with Gasteiger partial charge in [-0.05, 0) is 36.6 Å². The van der Waals surface area contributed by atoms with Crippen molar-refractivity contribution in [1.82, 2.24) is 0 Å². The van der Waals surface area contributed by atoms with E-state index in [-0.39, 0.29) is 18.4 Å². The highest BCUT2D eigenvalue weighted by molar-refractivity contribution is 5.64. The van der Waals surface area contributed by atoms with Gasteiger partial charge in [-0.25, -0.2) is 4.39 Å². The Morgan fingerprint density at radius 1 is 0.957 bits per heavy atom. The number of alkyl halides is 7. The summed E-state index contributed by atoms with van der Waals surface area (Å²) in [6.07, 6.45) is -9.03. The van der Waals surface area contributed by atoms with Crippen molar-refractivity contribution in [3.63, 3.8) is 0 Å². The van der Waals surface area contributed by atoms with Crippen LogP contribution in [-0.4, -0.2) is 24.6 Å². The number of hydrogen-bond acceptors (Lipinski definition) is 1. The third kappa shape index (κ3) is 2.33. The molecule has 0 saturated carbocycles. The summed E-state index contributed by atoms with van der Waals surface area (Å²) in [5, 5.41) is 0. The number of aryl methyl sites for hydroxylation is 1. The summed E-state index contributed by atoms with van der Waals surface area (Å²) in [5.41, 5.74) is -5.77. The van der Waals surface area contributed by atoms with E-state index in [1.54, 1.807) is 6.21 Å². The Labute approximate surface area is 127 Å². The molecule has 0 fully saturated rings. The fraction of sp³-hybridized carbons (Fsp3) is 0.533. The van der Waals surface area contributed by atoms with E-state index in [0.29, 0.717) is 36.1 Å². The molecule has 0 amide bonds. The van der Waals surface area contributed by atoms with Crippen LogP contribution in [0.5, 0.6) is 0 Å². The van der Waals surface area contributed by atoms with Crippen LogP contribution in [0, 0.1) is 0 Å². The van der Waals surface area contributed by atoms with Crippen molar-refractivity contribution in [2.75, 3.05) is 0 Å². The lowest BCUT2D eigenvalue weighted by Crippen LogP contribution is -2.50. The zero-order chi connectivity index (χ0) is 17.0. The van der Waals surface area contributed by atoms with Crippen LogP contribution in [-0.2, 0) is 12.1 Å². The fourth-order valence-corrected chi connectivity index (χ4v) is 3.37. The van der Waals surface area contributed by atoms with Gasteiger partial charge >= 0.3 is 18.0 Å². The van der Waals surface area contributed by atoms with Gasteiger partial charge in [-0.2, -0.15) is 26.3 Å². The summed E-state index contributed by atoms with van der Waals surface area (Å²) in [7, 11) is 0. The second kappa shape index (κ2) is 4.95. The minimum Gasteiger partial charge on any atom is -0.294 e. The Hall–Kier alpha value is -1.60. The SMILES string of the molecule is FC(F)(F)C(F)(c1ccc2c(c1)CCC1N=CCC21)C(F)(F)F. The van der Waals surface area contributed by atoms with Crippen molar-refractivity contribution >= 4 is 6.21 Å². The van der Waals surface area contributed by atoms with Crippen LogP contribution in [0.3, 0.4) is 0 Å². The van der Waals surface area contributed by atoms with E-state index in [1.165, 1.54) is 6.07 Å². The van der Waals surface area contributed by atoms with Crippen LogP contribution < -0.4 is 0 Å². The maximum atomic E-state index is 14.1. The quantitative estimate of drug-likeness (QED) is 0.649. The molecule has 0 saturated heterocycles. The molecule has 0 N–H and O–H groups in total. The minimum absolute atomic E-state index is 0.00807. The average molecular weight is 339 g/mol. The lowest BCUT2D eigenvalue weighted by molar-refractivity contribution is -0.348. The molecule has 1 nitrogen and oxygen atoms in total. The van der Waals surface area contributed by atoms with Gasteiger partial charge in [0.25, 0.3) is 0 Å². The van der Waals surface area contributed by atoms with Crippen molar-refractivity contribution in [2.24, 2.45) is 4.99 Å². The Bertz CT molecular complexity index is 630. The van der Waals surface area contributed by atoms with E-state index in [9.17, 15) is 30.7 Å². The van der Waals surface area contributed by atoms with Gasteiger partial charge in [-0.3, -0.25) is 4.99 Å². The topological polar surface area (TPSA) is 12.4 Å². The number of fused-ring (bicyclic) bond motifs is 3. The van der Waals surface area contributed by atoms with Crippen molar-refractivity contribution in [1.29, 1.82) is 0 Å². The molecular formula is C15H12F7N. The van der Waals surface area contributed by atoms with Crippen LogP contribution in [0.15, 0.2) is 23.2 Å². The summed E-state index contributed by atoms with van der Waals surface area (Å²) >= 11 is 0. The van der Waals surface area contributed by atoms with E-state index < -0.39 is 23.6 Å². The van der Waals surface area contributed by atoms with Gasteiger partial charge in [-0.15, -0.1) is 0 Å². The number of halogens is 7. The molecule has 2 aliphatic rings. The molecule has 126 valence electrons. The first-order valence-electron chi connectivity index (χ1n) is 7.03. The molecule has 23 heavy (non-hydrogen) atoms. The van der Waals surface area contributed by atoms with Gasteiger partial charge in [0.2, 0.25) is 0 Å². The highest BCUT2D eigenvalue weighted by Crippen LogP contribution is 2.54. The largest absolute Gasteiger partial charge is 0.435 e. The highest BCUT2D eigenvalue weighted by atomic mass is 19.4. The monoisotopic (exact) mass is 339 g/mol. The standard InChI is InChI=1S/C15H12F7N/c16-13(14(17,18)19,15(20,21)22)9-2-3-10-8(7-9)1-4-12-11(10)5-6-23-12/h2-3,6-7,11-12H,1,4-5H2. The molecule has 1 heterocycles. The van der Waals surface area contributed by atoms with E-state index in [0.717, 1.165) is 0 Å². The maximum Gasteiger partial charge on any atom is 0.435 e. The summed E-state index contributed by atoms with van der Waals surface area (Å²) in [5.74, 6) is -0.0430. The minimum atomic E-state index is -6.08. The lowest BCUT2D eigenvalue weighted by Gasteiger charge is -2.32. The summed E-state index contributed by atoms with van der Waals surface area (Å²) in [4.78, 5) is 4.25. The summed E-state index contributed by atoms with van der Waals surface area (Å²) in [6, 6.07) is 2.50. The maximum absolute atomic E-state index is 14.1. The predicted molar refractivity (Wildman–Crippen MR) is 69.3 cm³/mol. The molecule has 1 aromatic rings. The predicted octanol–water partition coefficient (Wildman–Crippen LogP) is 4.85. The third-order valence-electron chi connectivity index (χ3n) is 4.55. The zero-order valence-corrected chi connectivity index (χ0v) is 11.7. The van der Waals surface area contributed by atoms with Gasteiger partial charge in [0.15, 0.2) is 0 Å². The molecule has 2 atom stereocenters. The molecule has 0 aromatic heterocycles. The highest BCUT2D eigenvalue weighted by Gasteiger charge is 2.73. The first-order chi connectivity index (χ1) is 10.6. The van der Waals surface area contributed by atoms with Crippen molar-refractivity contribution in [2.45, 2.75) is 49.2 Å². The molecular weight excluding hydrogens is 327 g/mol. The zero-order valence-electron chi connectivity index (χ0n) is 11.7. The van der Waals surface area contributed by atoms with Crippen LogP contribution >= 0.6 is 0 Å². The average Bonchev–Trinajstić information content (AvgIpc) is 2.92. The molecule has 1 aliphatic carbocycles. The van der Waals surface area contributed by atoms with Crippen LogP contribution in [0.4, 0.5) is 30.7 Å². The number of rotatable bonds is 1. The molecule has 8 heteroatoms. The number of hydrogen-bond donors (Lipinski definition) is 0. The second-order valence-electron chi connectivity index (χ2n) is 5.85. The van der Waals surface area contributed by atoms with Crippen LogP contribution in [0.1, 0.15) is 35.4 Å². The lowest BCUT2D eigenvalue weighted by atomic mass is 9.77. The first-order valence-corrected chi connectivity index (χ1v) is 7.03. The van der Waals surface area contributed by atoms with Gasteiger partial charge in [-0.1, -0.05) is 18.2 Å². The molecule has 0 bridgehead atoms. The third-order valence-corrected chi connectivity index (χ3v) is 4.55. The molecule has 1 aromatic carbocycles. The van der Waals surface area contributed by atoms with E-state index in [1.807, 2.05) is 0 Å². The van der Waals surface area contributed by atoms with E-state index >= 15 is 0 Å². The van der Waals surface area contributed by atoms with Crippen LogP contribution in [0.25, 0.3) is 0 Å². The van der Waals surface area contributed by atoms with Gasteiger partial charge in [0.1, 0.15) is 0 Å². The smallest absolute Gasteiger partial charge is 0.294 e. The Balaban J connectivity index is 2.08. The Morgan fingerprint density at radius 2 is 1.61 bits per heavy atom. The van der Waals surface area contributed by atoms with Crippen molar-refractivity contribution in [3.8, 4) is 0 Å². The molecule has 3 rings (SSSR count). The molecule has 1 aliphatic heterocycles. The van der Waals surface area contributed by atoms with Crippen molar-refractivity contribution in [3.05, 3.63) is 34.9 Å². The summed E-state index contributed by atoms with van der Waals surface area (Å²) < 4.78 is 91.0. The molecule has 0 spiro atoms. The van der Waals surface area contributed by atoms with Gasteiger partial charge in [0.05, 0.1) is 6.04 Å². The van der Waals surface area contributed by atoms with E-state index in [2.05, 4.69) is 4.99 Å². The normalized spacial score (nSPS) is 24.5. The summed E-state index contributed by atoms with van der Waals surface area (Å²) in [6.45, 7) is 0. The van der Waals surface area contributed by atoms with Gasteiger partial charge < -0.3 is 0 Å². The second-order valence-corrected chi connectivity index (χ2v) is 5.85.